The summed E-state index contributed by atoms with van der Waals surface area (Å²) in [6.07, 6.45) is -4.40. The highest BCUT2D eigenvalue weighted by Crippen LogP contribution is 2.32. The van der Waals surface area contributed by atoms with E-state index in [1.54, 1.807) is 44.2 Å². The van der Waals surface area contributed by atoms with Crippen molar-refractivity contribution in [3.8, 4) is 0 Å². The van der Waals surface area contributed by atoms with Crippen molar-refractivity contribution in [1.82, 2.24) is 5.32 Å². The first-order valence-electron chi connectivity index (χ1n) is 7.32. The summed E-state index contributed by atoms with van der Waals surface area (Å²) < 4.78 is 38.6. The van der Waals surface area contributed by atoms with Gasteiger partial charge in [0.05, 0.1) is 16.1 Å². The highest BCUT2D eigenvalue weighted by atomic mass is 35.5. The van der Waals surface area contributed by atoms with Gasteiger partial charge in [-0.05, 0) is 23.8 Å². The number of rotatable bonds is 4. The molecule has 2 aromatic carbocycles. The van der Waals surface area contributed by atoms with Crippen LogP contribution in [0.3, 0.4) is 0 Å². The molecule has 2 nitrogen and oxygen atoms in total. The molecule has 0 aliphatic carbocycles. The number of alkyl halides is 3. The lowest BCUT2D eigenvalue weighted by Gasteiger charge is -2.26. The Morgan fingerprint density at radius 2 is 1.67 bits per heavy atom. The molecule has 2 rings (SSSR count). The van der Waals surface area contributed by atoms with E-state index in [0.717, 1.165) is 12.1 Å². The molecule has 0 unspecified atom stereocenters. The van der Waals surface area contributed by atoms with Crippen molar-refractivity contribution in [3.63, 3.8) is 0 Å². The molecule has 0 saturated carbocycles. The fourth-order valence-corrected chi connectivity index (χ4v) is 2.48. The zero-order chi connectivity index (χ0) is 18.0. The first-order valence-corrected chi connectivity index (χ1v) is 7.69. The lowest BCUT2D eigenvalue weighted by atomic mass is 9.83. The molecule has 0 atom stereocenters. The number of carbonyl (C=O) groups is 1. The van der Waals surface area contributed by atoms with E-state index in [9.17, 15) is 18.0 Å². The second-order valence-electron chi connectivity index (χ2n) is 6.12. The lowest BCUT2D eigenvalue weighted by Crippen LogP contribution is -2.37. The normalized spacial score (nSPS) is 12.1. The van der Waals surface area contributed by atoms with Crippen LogP contribution in [0.5, 0.6) is 0 Å². The first-order chi connectivity index (χ1) is 11.1. The topological polar surface area (TPSA) is 29.1 Å². The Morgan fingerprint density at radius 1 is 1.04 bits per heavy atom. The Hall–Kier alpha value is -2.01. The number of halogens is 4. The van der Waals surface area contributed by atoms with Crippen LogP contribution in [-0.4, -0.2) is 12.5 Å². The molecule has 24 heavy (non-hydrogen) atoms. The monoisotopic (exact) mass is 355 g/mol. The first kappa shape index (κ1) is 18.3. The molecule has 0 aliphatic rings. The molecule has 0 fully saturated rings. The van der Waals surface area contributed by atoms with Gasteiger partial charge >= 0.3 is 6.18 Å². The van der Waals surface area contributed by atoms with Gasteiger partial charge in [0.15, 0.2) is 0 Å². The summed E-state index contributed by atoms with van der Waals surface area (Å²) in [6.45, 7) is 3.73. The third-order valence-electron chi connectivity index (χ3n) is 3.78. The van der Waals surface area contributed by atoms with Crippen molar-refractivity contribution in [3.05, 3.63) is 70.2 Å². The van der Waals surface area contributed by atoms with Gasteiger partial charge < -0.3 is 5.32 Å². The molecule has 128 valence electrons. The minimum Gasteiger partial charge on any atom is -0.351 e. The SMILES string of the molecule is CC(C)(CNC(=O)c1ccccc1Cl)c1cccc(C(F)(F)F)c1. The Kier molecular flexibility index (Phi) is 5.23. The van der Waals surface area contributed by atoms with E-state index in [0.29, 0.717) is 16.1 Å². The van der Waals surface area contributed by atoms with Gasteiger partial charge in [-0.25, -0.2) is 0 Å². The van der Waals surface area contributed by atoms with Crippen LogP contribution in [0.15, 0.2) is 48.5 Å². The quantitative estimate of drug-likeness (QED) is 0.815. The molecule has 0 aromatic heterocycles. The second kappa shape index (κ2) is 6.85. The zero-order valence-corrected chi connectivity index (χ0v) is 14.0. The van der Waals surface area contributed by atoms with E-state index < -0.39 is 17.2 Å². The van der Waals surface area contributed by atoms with E-state index in [1.807, 2.05) is 0 Å². The summed E-state index contributed by atoms with van der Waals surface area (Å²) >= 11 is 5.97. The Morgan fingerprint density at radius 3 is 2.29 bits per heavy atom. The summed E-state index contributed by atoms with van der Waals surface area (Å²) in [5.74, 6) is -0.361. The van der Waals surface area contributed by atoms with Crippen LogP contribution in [0, 0.1) is 0 Å². The third kappa shape index (κ3) is 4.29. The van der Waals surface area contributed by atoms with Crippen molar-refractivity contribution in [2.24, 2.45) is 0 Å². The molecular formula is C18H17ClF3NO. The van der Waals surface area contributed by atoms with Crippen molar-refractivity contribution in [1.29, 1.82) is 0 Å². The van der Waals surface area contributed by atoms with E-state index in [4.69, 9.17) is 11.6 Å². The highest BCUT2D eigenvalue weighted by Gasteiger charge is 2.32. The zero-order valence-electron chi connectivity index (χ0n) is 13.2. The van der Waals surface area contributed by atoms with Gasteiger partial charge in [-0.3, -0.25) is 4.79 Å². The average Bonchev–Trinajstić information content (AvgIpc) is 2.52. The summed E-state index contributed by atoms with van der Waals surface area (Å²) in [7, 11) is 0. The molecular weight excluding hydrogens is 339 g/mol. The maximum absolute atomic E-state index is 12.9. The summed E-state index contributed by atoms with van der Waals surface area (Å²) in [5, 5.41) is 3.06. The number of carbonyl (C=O) groups excluding carboxylic acids is 1. The van der Waals surface area contributed by atoms with E-state index in [1.165, 1.54) is 6.07 Å². The Bertz CT molecular complexity index is 741. The van der Waals surface area contributed by atoms with Crippen LogP contribution in [0.2, 0.25) is 5.02 Å². The van der Waals surface area contributed by atoms with E-state index >= 15 is 0 Å². The van der Waals surface area contributed by atoms with Gasteiger partial charge in [0.2, 0.25) is 0 Å². The molecule has 0 heterocycles. The summed E-state index contributed by atoms with van der Waals surface area (Å²) in [5.41, 5.74) is -0.542. The van der Waals surface area contributed by atoms with Crippen LogP contribution in [0.4, 0.5) is 13.2 Å². The van der Waals surface area contributed by atoms with Gasteiger partial charge in [0.1, 0.15) is 0 Å². The molecule has 0 radical (unpaired) electrons. The largest absolute Gasteiger partial charge is 0.416 e. The third-order valence-corrected chi connectivity index (χ3v) is 4.11. The highest BCUT2D eigenvalue weighted by molar-refractivity contribution is 6.33. The fraction of sp³-hybridized carbons (Fsp3) is 0.278. The molecule has 2 aromatic rings. The fourth-order valence-electron chi connectivity index (χ4n) is 2.26. The standard InChI is InChI=1S/C18H17ClF3NO/c1-17(2,12-6-5-7-13(10-12)18(20,21)22)11-23-16(24)14-8-3-4-9-15(14)19/h3-10H,11H2,1-2H3,(H,23,24). The van der Waals surface area contributed by atoms with Gasteiger partial charge in [0.25, 0.3) is 5.91 Å². The summed E-state index contributed by atoms with van der Waals surface area (Å²) in [6, 6.07) is 11.7. The van der Waals surface area contributed by atoms with Crippen LogP contribution in [0.1, 0.15) is 35.3 Å². The predicted octanol–water partition coefficient (Wildman–Crippen LogP) is 5.07. The second-order valence-corrected chi connectivity index (χ2v) is 6.53. The summed E-state index contributed by atoms with van der Waals surface area (Å²) in [4.78, 5) is 12.2. The number of hydrogen-bond donors (Lipinski definition) is 1. The van der Waals surface area contributed by atoms with Gasteiger partial charge in [-0.15, -0.1) is 0 Å². The van der Waals surface area contributed by atoms with Gasteiger partial charge in [-0.1, -0.05) is 55.8 Å². The predicted molar refractivity (Wildman–Crippen MR) is 88.3 cm³/mol. The Balaban J connectivity index is 2.14. The number of amides is 1. The molecule has 1 N–H and O–H groups in total. The van der Waals surface area contributed by atoms with Gasteiger partial charge in [-0.2, -0.15) is 13.2 Å². The maximum Gasteiger partial charge on any atom is 0.416 e. The van der Waals surface area contributed by atoms with E-state index in [-0.39, 0.29) is 12.5 Å². The minimum atomic E-state index is -4.40. The van der Waals surface area contributed by atoms with Crippen LogP contribution >= 0.6 is 11.6 Å². The van der Waals surface area contributed by atoms with E-state index in [2.05, 4.69) is 5.32 Å². The van der Waals surface area contributed by atoms with Crippen LogP contribution < -0.4 is 5.32 Å². The van der Waals surface area contributed by atoms with Crippen molar-refractivity contribution in [2.75, 3.05) is 6.54 Å². The lowest BCUT2D eigenvalue weighted by molar-refractivity contribution is -0.137. The molecule has 1 amide bonds. The van der Waals surface area contributed by atoms with Crippen molar-refractivity contribution < 1.29 is 18.0 Å². The van der Waals surface area contributed by atoms with Crippen molar-refractivity contribution in [2.45, 2.75) is 25.4 Å². The minimum absolute atomic E-state index is 0.179. The van der Waals surface area contributed by atoms with Crippen LogP contribution in [-0.2, 0) is 11.6 Å². The molecule has 0 bridgehead atoms. The van der Waals surface area contributed by atoms with Crippen LogP contribution in [0.25, 0.3) is 0 Å². The maximum atomic E-state index is 12.9. The van der Waals surface area contributed by atoms with Gasteiger partial charge in [0, 0.05) is 12.0 Å². The molecule has 0 spiro atoms. The molecule has 6 heteroatoms. The average molecular weight is 356 g/mol. The smallest absolute Gasteiger partial charge is 0.351 e. The molecule has 0 aliphatic heterocycles. The Labute approximate surface area is 143 Å². The number of hydrogen-bond acceptors (Lipinski definition) is 1. The number of benzene rings is 2. The van der Waals surface area contributed by atoms with Crippen molar-refractivity contribution >= 4 is 17.5 Å². The number of nitrogens with one attached hydrogen (secondary N) is 1. The molecule has 0 saturated heterocycles.